The van der Waals surface area contributed by atoms with Crippen molar-refractivity contribution < 1.29 is 0 Å². The Bertz CT molecular complexity index is 236. The maximum Gasteiger partial charge on any atom is 0.000516 e. The molecule has 0 saturated heterocycles. The first kappa shape index (κ1) is 17.0. The van der Waals surface area contributed by atoms with Crippen LogP contribution in [0, 0.1) is 16.7 Å². The highest BCUT2D eigenvalue weighted by Crippen LogP contribution is 2.36. The van der Waals surface area contributed by atoms with Crippen molar-refractivity contribution in [1.29, 1.82) is 0 Å². The molecule has 0 aromatic rings. The highest BCUT2D eigenvalue weighted by molar-refractivity contribution is 4.82. The van der Waals surface area contributed by atoms with Gasteiger partial charge in [0.15, 0.2) is 0 Å². The molecule has 1 saturated carbocycles. The maximum absolute atomic E-state index is 5.74. The molecule has 0 radical (unpaired) electrons. The minimum Gasteiger partial charge on any atom is -0.330 e. The van der Waals surface area contributed by atoms with Crippen LogP contribution in [0.25, 0.3) is 0 Å². The monoisotopic (exact) mass is 268 g/mol. The third-order valence-corrected chi connectivity index (χ3v) is 5.01. The second kappa shape index (κ2) is 7.64. The molecule has 2 nitrogen and oxygen atoms in total. The Morgan fingerprint density at radius 2 is 1.79 bits per heavy atom. The quantitative estimate of drug-likeness (QED) is 0.654. The lowest BCUT2D eigenvalue weighted by atomic mass is 9.76. The Labute approximate surface area is 120 Å². The molecule has 1 aliphatic carbocycles. The smallest absolute Gasteiger partial charge is 0.000516 e. The fourth-order valence-corrected chi connectivity index (χ4v) is 3.48. The highest BCUT2D eigenvalue weighted by atomic mass is 14.9. The molecule has 0 spiro atoms. The van der Waals surface area contributed by atoms with Gasteiger partial charge in [-0.15, -0.1) is 0 Å². The van der Waals surface area contributed by atoms with Gasteiger partial charge < -0.3 is 11.1 Å². The topological polar surface area (TPSA) is 38.0 Å². The summed E-state index contributed by atoms with van der Waals surface area (Å²) in [4.78, 5) is 0. The van der Waals surface area contributed by atoms with Crippen LogP contribution in [0.3, 0.4) is 0 Å². The number of rotatable bonds is 8. The summed E-state index contributed by atoms with van der Waals surface area (Å²) in [7, 11) is 0. The third kappa shape index (κ3) is 6.27. The van der Waals surface area contributed by atoms with Crippen molar-refractivity contribution in [2.45, 2.75) is 72.6 Å². The molecule has 1 fully saturated rings. The average Bonchev–Trinajstić information content (AvgIpc) is 2.73. The Balaban J connectivity index is 2.15. The molecule has 1 aliphatic rings. The molecule has 114 valence electrons. The van der Waals surface area contributed by atoms with Gasteiger partial charge in [0.1, 0.15) is 0 Å². The summed E-state index contributed by atoms with van der Waals surface area (Å²) in [5, 5.41) is 3.69. The zero-order valence-electron chi connectivity index (χ0n) is 13.7. The van der Waals surface area contributed by atoms with Crippen molar-refractivity contribution in [1.82, 2.24) is 5.32 Å². The summed E-state index contributed by atoms with van der Waals surface area (Å²) in [6.45, 7) is 12.7. The molecule has 0 aromatic carbocycles. The summed E-state index contributed by atoms with van der Waals surface area (Å²) in [6, 6.07) is 0. The van der Waals surface area contributed by atoms with Gasteiger partial charge in [-0.3, -0.25) is 0 Å². The number of hydrogen-bond acceptors (Lipinski definition) is 2. The van der Waals surface area contributed by atoms with Gasteiger partial charge in [0.2, 0.25) is 0 Å². The van der Waals surface area contributed by atoms with Crippen LogP contribution in [0.1, 0.15) is 72.6 Å². The van der Waals surface area contributed by atoms with E-state index in [0.29, 0.717) is 10.8 Å². The summed E-state index contributed by atoms with van der Waals surface area (Å²) in [5.41, 5.74) is 6.72. The predicted molar refractivity (Wildman–Crippen MR) is 85.3 cm³/mol. The van der Waals surface area contributed by atoms with Gasteiger partial charge in [-0.1, -0.05) is 40.5 Å². The fourth-order valence-electron chi connectivity index (χ4n) is 3.48. The average molecular weight is 268 g/mol. The third-order valence-electron chi connectivity index (χ3n) is 5.01. The molecule has 0 aromatic heterocycles. The van der Waals surface area contributed by atoms with Gasteiger partial charge in [-0.2, -0.15) is 0 Å². The largest absolute Gasteiger partial charge is 0.330 e. The summed E-state index contributed by atoms with van der Waals surface area (Å²) >= 11 is 0. The standard InChI is InChI=1S/C17H36N2/c1-16(2,3)15(9-12-18)8-7-13-19-14-17(4)10-5-6-11-17/h15,19H,5-14,18H2,1-4H3. The van der Waals surface area contributed by atoms with Crippen molar-refractivity contribution in [3.05, 3.63) is 0 Å². The zero-order valence-corrected chi connectivity index (χ0v) is 13.7. The summed E-state index contributed by atoms with van der Waals surface area (Å²) < 4.78 is 0. The first-order valence-corrected chi connectivity index (χ1v) is 8.28. The van der Waals surface area contributed by atoms with Crippen molar-refractivity contribution >= 4 is 0 Å². The van der Waals surface area contributed by atoms with Gasteiger partial charge in [-0.05, 0) is 61.9 Å². The lowest BCUT2D eigenvalue weighted by Gasteiger charge is -2.31. The minimum atomic E-state index is 0.400. The molecule has 2 heteroatoms. The van der Waals surface area contributed by atoms with Crippen molar-refractivity contribution in [3.8, 4) is 0 Å². The Kier molecular flexibility index (Phi) is 6.82. The molecule has 0 aliphatic heterocycles. The molecule has 3 N–H and O–H groups in total. The molecule has 1 atom stereocenters. The van der Waals surface area contributed by atoms with E-state index in [0.717, 1.165) is 12.5 Å². The van der Waals surface area contributed by atoms with E-state index < -0.39 is 0 Å². The second-order valence-corrected chi connectivity index (χ2v) is 7.98. The molecular formula is C17H36N2. The van der Waals surface area contributed by atoms with E-state index in [4.69, 9.17) is 5.73 Å². The van der Waals surface area contributed by atoms with Gasteiger partial charge in [0, 0.05) is 6.54 Å². The van der Waals surface area contributed by atoms with Gasteiger partial charge in [-0.25, -0.2) is 0 Å². The van der Waals surface area contributed by atoms with E-state index in [2.05, 4.69) is 33.0 Å². The lowest BCUT2D eigenvalue weighted by Crippen LogP contribution is -2.31. The van der Waals surface area contributed by atoms with E-state index in [1.807, 2.05) is 0 Å². The lowest BCUT2D eigenvalue weighted by molar-refractivity contribution is 0.209. The number of hydrogen-bond donors (Lipinski definition) is 2. The van der Waals surface area contributed by atoms with Crippen LogP contribution in [0.15, 0.2) is 0 Å². The number of nitrogens with one attached hydrogen (secondary N) is 1. The first-order valence-electron chi connectivity index (χ1n) is 8.28. The van der Waals surface area contributed by atoms with Crippen LogP contribution in [0.4, 0.5) is 0 Å². The van der Waals surface area contributed by atoms with E-state index in [1.165, 1.54) is 58.0 Å². The van der Waals surface area contributed by atoms with Gasteiger partial charge in [0.05, 0.1) is 0 Å². The summed E-state index contributed by atoms with van der Waals surface area (Å²) in [6.07, 6.45) is 9.46. The van der Waals surface area contributed by atoms with Crippen molar-refractivity contribution in [2.75, 3.05) is 19.6 Å². The van der Waals surface area contributed by atoms with Crippen LogP contribution in [0.2, 0.25) is 0 Å². The minimum absolute atomic E-state index is 0.400. The van der Waals surface area contributed by atoms with Crippen LogP contribution >= 0.6 is 0 Å². The number of nitrogens with two attached hydrogens (primary N) is 1. The second-order valence-electron chi connectivity index (χ2n) is 7.98. The van der Waals surface area contributed by atoms with E-state index in [-0.39, 0.29) is 0 Å². The molecular weight excluding hydrogens is 232 g/mol. The van der Waals surface area contributed by atoms with E-state index in [9.17, 15) is 0 Å². The van der Waals surface area contributed by atoms with E-state index >= 15 is 0 Å². The van der Waals surface area contributed by atoms with E-state index in [1.54, 1.807) is 0 Å². The predicted octanol–water partition coefficient (Wildman–Crippen LogP) is 3.95. The van der Waals surface area contributed by atoms with Gasteiger partial charge in [0.25, 0.3) is 0 Å². The first-order chi connectivity index (χ1) is 8.87. The normalized spacial score (nSPS) is 20.7. The van der Waals surface area contributed by atoms with Crippen LogP contribution < -0.4 is 11.1 Å². The summed E-state index contributed by atoms with van der Waals surface area (Å²) in [5.74, 6) is 0.765. The van der Waals surface area contributed by atoms with Gasteiger partial charge >= 0.3 is 0 Å². The van der Waals surface area contributed by atoms with Crippen LogP contribution in [-0.2, 0) is 0 Å². The van der Waals surface area contributed by atoms with Crippen LogP contribution in [-0.4, -0.2) is 19.6 Å². The Hall–Kier alpha value is -0.0800. The SMILES string of the molecule is CC1(CNCCCC(CCN)C(C)(C)C)CCCC1. The highest BCUT2D eigenvalue weighted by Gasteiger charge is 2.28. The Morgan fingerprint density at radius 3 is 2.32 bits per heavy atom. The van der Waals surface area contributed by atoms with Crippen molar-refractivity contribution in [2.24, 2.45) is 22.5 Å². The Morgan fingerprint density at radius 1 is 1.16 bits per heavy atom. The zero-order chi connectivity index (χ0) is 14.4. The molecule has 1 rings (SSSR count). The molecule has 19 heavy (non-hydrogen) atoms. The van der Waals surface area contributed by atoms with Crippen LogP contribution in [0.5, 0.6) is 0 Å². The maximum atomic E-state index is 5.74. The molecule has 0 bridgehead atoms. The molecule has 0 heterocycles. The van der Waals surface area contributed by atoms with Crippen molar-refractivity contribution in [3.63, 3.8) is 0 Å². The molecule has 0 amide bonds. The fraction of sp³-hybridized carbons (Fsp3) is 1.00. The molecule has 1 unspecified atom stereocenters.